The molecular weight excluding hydrogens is 468 g/mol. The first-order valence-electron chi connectivity index (χ1n) is 13.8. The number of carbonyl (C=O) groups is 2. The van der Waals surface area contributed by atoms with Gasteiger partial charge in [0.2, 0.25) is 11.8 Å². The van der Waals surface area contributed by atoms with Gasteiger partial charge in [-0.15, -0.1) is 0 Å². The van der Waals surface area contributed by atoms with Crippen LogP contribution in [0.1, 0.15) is 31.2 Å². The van der Waals surface area contributed by atoms with Crippen molar-refractivity contribution in [3.63, 3.8) is 0 Å². The fourth-order valence-electron chi connectivity index (χ4n) is 5.93. The van der Waals surface area contributed by atoms with Crippen LogP contribution in [0.25, 0.3) is 0 Å². The fraction of sp³-hybridized carbons (Fsp3) is 0.607. The van der Waals surface area contributed by atoms with E-state index in [0.717, 1.165) is 70.1 Å². The van der Waals surface area contributed by atoms with E-state index in [4.69, 9.17) is 4.52 Å². The number of hydrogen-bond donors (Lipinski definition) is 1. The molecule has 3 fully saturated rings. The minimum atomic E-state index is 0.0898. The molecule has 0 spiro atoms. The van der Waals surface area contributed by atoms with Gasteiger partial charge in [-0.1, -0.05) is 23.4 Å². The van der Waals surface area contributed by atoms with E-state index in [-0.39, 0.29) is 11.8 Å². The van der Waals surface area contributed by atoms with Gasteiger partial charge in [0.1, 0.15) is 0 Å². The molecular formula is C28H40N6O3. The zero-order valence-corrected chi connectivity index (χ0v) is 22.0. The lowest BCUT2D eigenvalue weighted by Gasteiger charge is -2.37. The summed E-state index contributed by atoms with van der Waals surface area (Å²) in [6.45, 7) is 10.8. The number of piperidine rings is 1. The van der Waals surface area contributed by atoms with E-state index < -0.39 is 0 Å². The van der Waals surface area contributed by atoms with Crippen molar-refractivity contribution < 1.29 is 14.1 Å². The summed E-state index contributed by atoms with van der Waals surface area (Å²) in [5.41, 5.74) is 2.27. The van der Waals surface area contributed by atoms with Gasteiger partial charge in [0.15, 0.2) is 5.76 Å². The van der Waals surface area contributed by atoms with Crippen LogP contribution in [0.3, 0.4) is 0 Å². The Balaban J connectivity index is 1.10. The molecule has 0 radical (unpaired) electrons. The number of rotatable bonds is 7. The van der Waals surface area contributed by atoms with Crippen LogP contribution in [-0.4, -0.2) is 97.1 Å². The Morgan fingerprint density at radius 1 is 0.973 bits per heavy atom. The van der Waals surface area contributed by atoms with E-state index >= 15 is 0 Å². The largest absolute Gasteiger partial charge is 0.369 e. The Morgan fingerprint density at radius 3 is 2.43 bits per heavy atom. The van der Waals surface area contributed by atoms with E-state index in [1.165, 1.54) is 5.69 Å². The standard InChI is InChI=1S/C28H40N6O3/c1-22(35)32-13-15-34(16-14-32)28(36)18-23-7-8-29-20-24(23)17-25-19-27(37-30-25)21-31-9-11-33(12-10-31)26-5-3-2-4-6-26/h2-6,19,23-24,29H,7-18,20-21H2,1H3/t23-,24+/m1/s1. The second-order valence-electron chi connectivity index (χ2n) is 10.7. The number of aromatic nitrogens is 1. The molecule has 0 bridgehead atoms. The topological polar surface area (TPSA) is 85.2 Å². The highest BCUT2D eigenvalue weighted by molar-refractivity contribution is 5.77. The van der Waals surface area contributed by atoms with Gasteiger partial charge in [-0.2, -0.15) is 0 Å². The van der Waals surface area contributed by atoms with Crippen LogP contribution in [-0.2, 0) is 22.6 Å². The Bertz CT molecular complexity index is 1030. The molecule has 2 aromatic rings. The van der Waals surface area contributed by atoms with E-state index in [1.807, 2.05) is 9.80 Å². The number of para-hydroxylation sites is 1. The number of hydrogen-bond acceptors (Lipinski definition) is 7. The number of nitrogens with zero attached hydrogens (tertiary/aromatic N) is 5. The van der Waals surface area contributed by atoms with E-state index in [2.05, 4.69) is 56.7 Å². The van der Waals surface area contributed by atoms with Gasteiger partial charge >= 0.3 is 0 Å². The van der Waals surface area contributed by atoms with Gasteiger partial charge in [0, 0.05) is 77.5 Å². The van der Waals surface area contributed by atoms with Gasteiger partial charge in [-0.05, 0) is 49.9 Å². The average Bonchev–Trinajstić information content (AvgIpc) is 3.37. The number of piperazine rings is 2. The summed E-state index contributed by atoms with van der Waals surface area (Å²) < 4.78 is 5.73. The summed E-state index contributed by atoms with van der Waals surface area (Å²) in [6.07, 6.45) is 2.40. The minimum absolute atomic E-state index is 0.0898. The molecule has 1 aromatic heterocycles. The molecule has 2 atom stereocenters. The first-order valence-corrected chi connectivity index (χ1v) is 13.8. The average molecular weight is 509 g/mol. The van der Waals surface area contributed by atoms with Gasteiger partial charge in [-0.25, -0.2) is 0 Å². The maximum atomic E-state index is 13.0. The van der Waals surface area contributed by atoms with Crippen molar-refractivity contribution in [1.82, 2.24) is 25.2 Å². The number of benzene rings is 1. The lowest BCUT2D eigenvalue weighted by molar-refractivity contribution is -0.139. The monoisotopic (exact) mass is 508 g/mol. The summed E-state index contributed by atoms with van der Waals surface area (Å²) in [5.74, 6) is 1.93. The first-order chi connectivity index (χ1) is 18.0. The van der Waals surface area contributed by atoms with Crippen molar-refractivity contribution in [2.45, 2.75) is 32.7 Å². The van der Waals surface area contributed by atoms with Crippen LogP contribution in [0.2, 0.25) is 0 Å². The Labute approximate surface area is 219 Å². The molecule has 0 aliphatic carbocycles. The fourth-order valence-corrected chi connectivity index (χ4v) is 5.93. The molecule has 9 heteroatoms. The molecule has 0 unspecified atom stereocenters. The van der Waals surface area contributed by atoms with Crippen LogP contribution in [0.15, 0.2) is 40.9 Å². The molecule has 3 aliphatic heterocycles. The highest BCUT2D eigenvalue weighted by Gasteiger charge is 2.31. The third kappa shape index (κ3) is 6.70. The van der Waals surface area contributed by atoms with Crippen molar-refractivity contribution in [2.75, 3.05) is 70.3 Å². The van der Waals surface area contributed by atoms with E-state index in [9.17, 15) is 9.59 Å². The van der Waals surface area contributed by atoms with Gasteiger partial charge in [0.05, 0.1) is 12.2 Å². The lowest BCUT2D eigenvalue weighted by atomic mass is 9.81. The first kappa shape index (κ1) is 25.7. The smallest absolute Gasteiger partial charge is 0.222 e. The van der Waals surface area contributed by atoms with Gasteiger partial charge in [0.25, 0.3) is 0 Å². The molecule has 4 heterocycles. The summed E-state index contributed by atoms with van der Waals surface area (Å²) in [5, 5.41) is 7.90. The van der Waals surface area contributed by atoms with Crippen molar-refractivity contribution in [2.24, 2.45) is 11.8 Å². The SMILES string of the molecule is CC(=O)N1CCN(C(=O)C[C@H]2CCNC[C@@H]2Cc2cc(CN3CCN(c4ccccc4)CC3)on2)CC1. The second kappa shape index (κ2) is 12.1. The molecule has 1 N–H and O–H groups in total. The summed E-state index contributed by atoms with van der Waals surface area (Å²) in [7, 11) is 0. The molecule has 2 amide bonds. The predicted octanol–water partition coefficient (Wildman–Crippen LogP) is 1.85. The molecule has 0 saturated carbocycles. The third-order valence-corrected chi connectivity index (χ3v) is 8.23. The third-order valence-electron chi connectivity index (χ3n) is 8.23. The Morgan fingerprint density at radius 2 is 1.70 bits per heavy atom. The molecule has 1 aromatic carbocycles. The van der Waals surface area contributed by atoms with Gasteiger partial charge in [-0.3, -0.25) is 14.5 Å². The summed E-state index contributed by atoms with van der Waals surface area (Å²) in [6, 6.07) is 12.7. The maximum Gasteiger partial charge on any atom is 0.222 e. The van der Waals surface area contributed by atoms with Crippen LogP contribution in [0, 0.1) is 11.8 Å². The zero-order valence-electron chi connectivity index (χ0n) is 22.0. The highest BCUT2D eigenvalue weighted by Crippen LogP contribution is 2.27. The van der Waals surface area contributed by atoms with Crippen molar-refractivity contribution in [3.05, 3.63) is 47.9 Å². The predicted molar refractivity (Wildman–Crippen MR) is 142 cm³/mol. The summed E-state index contributed by atoms with van der Waals surface area (Å²) in [4.78, 5) is 33.2. The molecule has 5 rings (SSSR count). The van der Waals surface area contributed by atoms with E-state index in [1.54, 1.807) is 6.92 Å². The quantitative estimate of drug-likeness (QED) is 0.611. The minimum Gasteiger partial charge on any atom is -0.369 e. The number of nitrogens with one attached hydrogen (secondary N) is 1. The number of carbonyl (C=O) groups excluding carboxylic acids is 2. The van der Waals surface area contributed by atoms with E-state index in [0.29, 0.717) is 44.4 Å². The number of anilines is 1. The van der Waals surface area contributed by atoms with Crippen molar-refractivity contribution in [1.29, 1.82) is 0 Å². The van der Waals surface area contributed by atoms with Crippen LogP contribution in [0.5, 0.6) is 0 Å². The normalized spacial score (nSPS) is 23.3. The molecule has 9 nitrogen and oxygen atoms in total. The molecule has 3 aliphatic rings. The molecule has 200 valence electrons. The Hall–Kier alpha value is -2.91. The second-order valence-corrected chi connectivity index (χ2v) is 10.7. The highest BCUT2D eigenvalue weighted by atomic mass is 16.5. The van der Waals surface area contributed by atoms with Gasteiger partial charge < -0.3 is 24.5 Å². The van der Waals surface area contributed by atoms with Crippen LogP contribution < -0.4 is 10.2 Å². The van der Waals surface area contributed by atoms with Crippen LogP contribution >= 0.6 is 0 Å². The summed E-state index contributed by atoms with van der Waals surface area (Å²) >= 11 is 0. The molecule has 3 saturated heterocycles. The number of amides is 2. The maximum absolute atomic E-state index is 13.0. The molecule has 37 heavy (non-hydrogen) atoms. The van der Waals surface area contributed by atoms with Crippen LogP contribution in [0.4, 0.5) is 5.69 Å². The zero-order chi connectivity index (χ0) is 25.6. The lowest BCUT2D eigenvalue weighted by Crippen LogP contribution is -2.51. The van der Waals surface area contributed by atoms with Crippen molar-refractivity contribution in [3.8, 4) is 0 Å². The Kier molecular flexibility index (Phi) is 8.41. The van der Waals surface area contributed by atoms with Crippen molar-refractivity contribution >= 4 is 17.5 Å².